The molecule has 7 heteroatoms. The highest BCUT2D eigenvalue weighted by Gasteiger charge is 2.11. The number of carbonyl (C=O) groups excluding carboxylic acids is 1. The standard InChI is InChI=1S/C20H27NO5Si/c1-6-18-15-17(16-19(21-18)7-14-27(3,4)5)20(22)26-13-12-25-11-10-24-9-8-23-2/h1,15-16H,8-13H2,2-5H3. The van der Waals surface area contributed by atoms with E-state index in [1.165, 1.54) is 6.07 Å². The summed E-state index contributed by atoms with van der Waals surface area (Å²) in [7, 11) is 0.0568. The maximum atomic E-state index is 12.2. The van der Waals surface area contributed by atoms with E-state index >= 15 is 0 Å². The van der Waals surface area contributed by atoms with Crippen LogP contribution in [0.3, 0.4) is 0 Å². The lowest BCUT2D eigenvalue weighted by molar-refractivity contribution is 0.00569. The van der Waals surface area contributed by atoms with Gasteiger partial charge in [-0.05, 0) is 12.1 Å². The summed E-state index contributed by atoms with van der Waals surface area (Å²) in [6.07, 6.45) is 5.42. The van der Waals surface area contributed by atoms with Crippen LogP contribution >= 0.6 is 0 Å². The second kappa shape index (κ2) is 12.3. The Morgan fingerprint density at radius 3 is 2.22 bits per heavy atom. The van der Waals surface area contributed by atoms with Crippen LogP contribution in [0.25, 0.3) is 0 Å². The largest absolute Gasteiger partial charge is 0.460 e. The fourth-order valence-corrected chi connectivity index (χ4v) is 2.28. The Bertz CT molecular complexity index is 710. The number of methoxy groups -OCH3 is 1. The number of hydrogen-bond acceptors (Lipinski definition) is 6. The maximum Gasteiger partial charge on any atom is 0.338 e. The Morgan fingerprint density at radius 2 is 1.63 bits per heavy atom. The van der Waals surface area contributed by atoms with Crippen molar-refractivity contribution in [2.45, 2.75) is 19.6 Å². The van der Waals surface area contributed by atoms with E-state index in [4.69, 9.17) is 25.4 Å². The number of rotatable bonds is 10. The molecule has 1 rings (SSSR count). The van der Waals surface area contributed by atoms with Gasteiger partial charge in [0.25, 0.3) is 0 Å². The van der Waals surface area contributed by atoms with Crippen LogP contribution in [-0.4, -0.2) is 65.8 Å². The Kier molecular flexibility index (Phi) is 10.4. The van der Waals surface area contributed by atoms with E-state index in [1.54, 1.807) is 13.2 Å². The molecule has 0 aliphatic heterocycles. The lowest BCUT2D eigenvalue weighted by atomic mass is 10.2. The van der Waals surface area contributed by atoms with Gasteiger partial charge in [-0.2, -0.15) is 0 Å². The van der Waals surface area contributed by atoms with Crippen LogP contribution < -0.4 is 0 Å². The fraction of sp³-hybridized carbons (Fsp3) is 0.500. The summed E-state index contributed by atoms with van der Waals surface area (Å²) in [6, 6.07) is 3.12. The average Bonchev–Trinajstić information content (AvgIpc) is 2.64. The molecule has 0 saturated heterocycles. The van der Waals surface area contributed by atoms with Crippen molar-refractivity contribution < 1.29 is 23.7 Å². The molecule has 6 nitrogen and oxygen atoms in total. The van der Waals surface area contributed by atoms with Gasteiger partial charge in [0, 0.05) is 7.11 Å². The first kappa shape index (κ1) is 22.9. The van der Waals surface area contributed by atoms with Crippen LogP contribution in [0.1, 0.15) is 21.7 Å². The zero-order chi connectivity index (χ0) is 20.1. The minimum Gasteiger partial charge on any atom is -0.460 e. The van der Waals surface area contributed by atoms with Gasteiger partial charge in [0.05, 0.1) is 38.6 Å². The third-order valence-corrected chi connectivity index (χ3v) is 3.91. The average molecular weight is 390 g/mol. The van der Waals surface area contributed by atoms with E-state index in [0.29, 0.717) is 43.4 Å². The van der Waals surface area contributed by atoms with Gasteiger partial charge in [-0.25, -0.2) is 9.78 Å². The molecule has 0 aliphatic carbocycles. The van der Waals surface area contributed by atoms with Gasteiger partial charge in [-0.1, -0.05) is 31.5 Å². The highest BCUT2D eigenvalue weighted by molar-refractivity contribution is 6.83. The summed E-state index contributed by atoms with van der Waals surface area (Å²) in [4.78, 5) is 16.5. The van der Waals surface area contributed by atoms with Crippen molar-refractivity contribution in [2.24, 2.45) is 0 Å². The normalized spacial score (nSPS) is 10.6. The molecule has 0 bridgehead atoms. The lowest BCUT2D eigenvalue weighted by Crippen LogP contribution is -2.16. The van der Waals surface area contributed by atoms with Gasteiger partial charge >= 0.3 is 5.97 Å². The van der Waals surface area contributed by atoms with E-state index in [1.807, 2.05) is 0 Å². The fourth-order valence-electron chi connectivity index (χ4n) is 1.78. The monoisotopic (exact) mass is 389 g/mol. The maximum absolute atomic E-state index is 12.2. The summed E-state index contributed by atoms with van der Waals surface area (Å²) < 4.78 is 20.7. The van der Waals surface area contributed by atoms with E-state index in [9.17, 15) is 4.79 Å². The molecule has 0 radical (unpaired) electrons. The van der Waals surface area contributed by atoms with Crippen LogP contribution in [0, 0.1) is 23.8 Å². The van der Waals surface area contributed by atoms with Gasteiger partial charge < -0.3 is 18.9 Å². The Morgan fingerprint density at radius 1 is 1.04 bits per heavy atom. The SMILES string of the molecule is C#Cc1cc(C(=O)OCCOCCOCCOC)cc(C#C[Si](C)(C)C)n1. The quantitative estimate of drug-likeness (QED) is 0.264. The molecule has 0 aliphatic rings. The molecule has 1 aromatic rings. The van der Waals surface area contributed by atoms with Crippen molar-refractivity contribution in [3.63, 3.8) is 0 Å². The first-order chi connectivity index (χ1) is 12.9. The number of terminal acetylenes is 1. The predicted molar refractivity (Wildman–Crippen MR) is 106 cm³/mol. The smallest absolute Gasteiger partial charge is 0.338 e. The van der Waals surface area contributed by atoms with Gasteiger partial charge in [-0.3, -0.25) is 0 Å². The Hall–Kier alpha value is -2.16. The number of aromatic nitrogens is 1. The first-order valence-corrected chi connectivity index (χ1v) is 12.2. The van der Waals surface area contributed by atoms with Gasteiger partial charge in [0.1, 0.15) is 26.1 Å². The summed E-state index contributed by atoms with van der Waals surface area (Å²) in [6.45, 7) is 8.77. The second-order valence-corrected chi connectivity index (χ2v) is 11.4. The van der Waals surface area contributed by atoms with Gasteiger partial charge in [0.2, 0.25) is 0 Å². The van der Waals surface area contributed by atoms with Crippen LogP contribution in [0.4, 0.5) is 0 Å². The van der Waals surface area contributed by atoms with Crippen molar-refractivity contribution in [3.8, 4) is 23.8 Å². The Balaban J connectivity index is 2.50. The van der Waals surface area contributed by atoms with E-state index < -0.39 is 14.0 Å². The van der Waals surface area contributed by atoms with Gasteiger partial charge in [-0.15, -0.1) is 12.0 Å². The lowest BCUT2D eigenvalue weighted by Gasteiger charge is -2.08. The summed E-state index contributed by atoms with van der Waals surface area (Å²) in [5, 5.41) is 0. The zero-order valence-corrected chi connectivity index (χ0v) is 17.5. The molecule has 0 fully saturated rings. The molecule has 27 heavy (non-hydrogen) atoms. The zero-order valence-electron chi connectivity index (χ0n) is 16.5. The number of nitrogens with zero attached hydrogens (tertiary/aromatic N) is 1. The summed E-state index contributed by atoms with van der Waals surface area (Å²) >= 11 is 0. The highest BCUT2D eigenvalue weighted by Crippen LogP contribution is 2.08. The predicted octanol–water partition coefficient (Wildman–Crippen LogP) is 2.13. The molecule has 146 valence electrons. The Labute approximate surface area is 162 Å². The topological polar surface area (TPSA) is 66.9 Å². The van der Waals surface area contributed by atoms with E-state index in [-0.39, 0.29) is 13.2 Å². The molecule has 0 unspecified atom stereocenters. The van der Waals surface area contributed by atoms with Crippen molar-refractivity contribution in [2.75, 3.05) is 46.8 Å². The molecule has 0 saturated carbocycles. The van der Waals surface area contributed by atoms with Crippen LogP contribution in [-0.2, 0) is 18.9 Å². The highest BCUT2D eigenvalue weighted by atomic mass is 28.3. The van der Waals surface area contributed by atoms with Crippen molar-refractivity contribution >= 4 is 14.0 Å². The van der Waals surface area contributed by atoms with Crippen LogP contribution in [0.5, 0.6) is 0 Å². The van der Waals surface area contributed by atoms with E-state index in [2.05, 4.69) is 42.0 Å². The number of pyridine rings is 1. The molecule has 0 amide bonds. The van der Waals surface area contributed by atoms with Crippen LogP contribution in [0.2, 0.25) is 19.6 Å². The van der Waals surface area contributed by atoms with Crippen LogP contribution in [0.15, 0.2) is 12.1 Å². The first-order valence-electron chi connectivity index (χ1n) is 8.69. The minimum absolute atomic E-state index is 0.139. The van der Waals surface area contributed by atoms with Crippen molar-refractivity contribution in [3.05, 3.63) is 29.1 Å². The third kappa shape index (κ3) is 10.5. The molecule has 0 N–H and O–H groups in total. The van der Waals surface area contributed by atoms with Crippen molar-refractivity contribution in [1.29, 1.82) is 0 Å². The second-order valence-electron chi connectivity index (χ2n) is 6.62. The number of ether oxygens (including phenoxy) is 4. The summed E-state index contributed by atoms with van der Waals surface area (Å²) in [5.74, 6) is 4.97. The number of carbonyl (C=O) groups is 1. The molecular weight excluding hydrogens is 362 g/mol. The molecular formula is C20H27NO5Si. The molecule has 0 aromatic carbocycles. The number of esters is 1. The molecule has 0 spiro atoms. The molecule has 1 aromatic heterocycles. The third-order valence-electron chi connectivity index (χ3n) is 3.04. The van der Waals surface area contributed by atoms with Gasteiger partial charge in [0.15, 0.2) is 0 Å². The van der Waals surface area contributed by atoms with E-state index in [0.717, 1.165) is 0 Å². The molecule has 0 atom stereocenters. The minimum atomic E-state index is -1.56. The van der Waals surface area contributed by atoms with Crippen molar-refractivity contribution in [1.82, 2.24) is 4.98 Å². The molecule has 1 heterocycles. The number of hydrogen-bond donors (Lipinski definition) is 0. The summed E-state index contributed by atoms with van der Waals surface area (Å²) in [5.41, 5.74) is 4.37.